The summed E-state index contributed by atoms with van der Waals surface area (Å²) < 4.78 is 12.4. The molecule has 1 N–H and O–H groups in total. The van der Waals surface area contributed by atoms with Crippen LogP contribution in [0.3, 0.4) is 0 Å². The highest BCUT2D eigenvalue weighted by molar-refractivity contribution is 7.07. The van der Waals surface area contributed by atoms with E-state index in [1.165, 1.54) is 11.3 Å². The maximum atomic E-state index is 13.4. The number of carbonyl (C=O) groups is 3. The second-order valence-corrected chi connectivity index (χ2v) is 10.3. The van der Waals surface area contributed by atoms with Crippen molar-refractivity contribution in [2.45, 2.75) is 37.5 Å². The molecule has 2 saturated heterocycles. The van der Waals surface area contributed by atoms with Gasteiger partial charge >= 0.3 is 0 Å². The molecule has 3 amide bonds. The fourth-order valence-electron chi connectivity index (χ4n) is 5.00. The van der Waals surface area contributed by atoms with Crippen molar-refractivity contribution in [3.8, 4) is 5.75 Å². The van der Waals surface area contributed by atoms with Gasteiger partial charge in [-0.05, 0) is 38.1 Å². The van der Waals surface area contributed by atoms with E-state index in [-0.39, 0.29) is 42.6 Å². The van der Waals surface area contributed by atoms with Gasteiger partial charge in [0.1, 0.15) is 24.2 Å². The molecule has 3 aliphatic heterocycles. The lowest BCUT2D eigenvalue weighted by molar-refractivity contribution is -0.144. The lowest BCUT2D eigenvalue weighted by Gasteiger charge is -2.42. The number of aromatic nitrogens is 1. The first kappa shape index (κ1) is 24.7. The minimum atomic E-state index is -0.332. The number of carbonyl (C=O) groups excluding carboxylic acids is 3. The number of piperazine rings is 1. The van der Waals surface area contributed by atoms with Crippen molar-refractivity contribution in [3.05, 3.63) is 40.3 Å². The Kier molecular flexibility index (Phi) is 7.22. The Labute approximate surface area is 214 Å². The molecule has 2 fully saturated rings. The third-order valence-electron chi connectivity index (χ3n) is 7.19. The fraction of sp³-hybridized carbons (Fsp3) is 0.520. The quantitative estimate of drug-likeness (QED) is 0.666. The molecule has 0 unspecified atom stereocenters. The first-order valence-corrected chi connectivity index (χ1v) is 13.2. The number of hydrogen-bond donors (Lipinski definition) is 1. The number of fused-ring (bicyclic) bond motifs is 2. The summed E-state index contributed by atoms with van der Waals surface area (Å²) in [5, 5.41) is 4.46. The van der Waals surface area contributed by atoms with Crippen LogP contribution in [-0.2, 0) is 9.53 Å². The number of anilines is 1. The third kappa shape index (κ3) is 5.23. The summed E-state index contributed by atoms with van der Waals surface area (Å²) in [5.41, 5.74) is 2.81. The van der Waals surface area contributed by atoms with Crippen molar-refractivity contribution in [2.24, 2.45) is 0 Å². The number of nitrogens with zero attached hydrogens (tertiary/aromatic N) is 4. The van der Waals surface area contributed by atoms with Gasteiger partial charge in [-0.2, -0.15) is 0 Å². The van der Waals surface area contributed by atoms with E-state index in [0.29, 0.717) is 35.5 Å². The largest absolute Gasteiger partial charge is 0.490 e. The summed E-state index contributed by atoms with van der Waals surface area (Å²) >= 11 is 1.34. The molecule has 36 heavy (non-hydrogen) atoms. The van der Waals surface area contributed by atoms with Crippen LogP contribution in [0.15, 0.2) is 29.1 Å². The highest BCUT2D eigenvalue weighted by atomic mass is 32.1. The molecule has 11 heteroatoms. The van der Waals surface area contributed by atoms with Gasteiger partial charge in [-0.25, -0.2) is 4.98 Å². The van der Waals surface area contributed by atoms with Gasteiger partial charge in [-0.3, -0.25) is 14.4 Å². The van der Waals surface area contributed by atoms with Crippen LogP contribution in [0.4, 0.5) is 5.69 Å². The third-order valence-corrected chi connectivity index (χ3v) is 7.78. The van der Waals surface area contributed by atoms with Crippen molar-refractivity contribution >= 4 is 34.7 Å². The van der Waals surface area contributed by atoms with Gasteiger partial charge in [0.05, 0.1) is 29.6 Å². The monoisotopic (exact) mass is 513 g/mol. The predicted molar refractivity (Wildman–Crippen MR) is 134 cm³/mol. The van der Waals surface area contributed by atoms with E-state index in [9.17, 15) is 14.4 Å². The van der Waals surface area contributed by atoms with Gasteiger partial charge in [-0.1, -0.05) is 0 Å². The van der Waals surface area contributed by atoms with E-state index in [1.807, 2.05) is 4.90 Å². The summed E-state index contributed by atoms with van der Waals surface area (Å²) in [7, 11) is 3.84. The number of nitrogens with one attached hydrogen (secondary N) is 1. The second-order valence-electron chi connectivity index (χ2n) is 9.60. The first-order chi connectivity index (χ1) is 17.4. The van der Waals surface area contributed by atoms with E-state index in [4.69, 9.17) is 9.47 Å². The first-order valence-electron chi connectivity index (χ1n) is 12.2. The van der Waals surface area contributed by atoms with E-state index in [0.717, 1.165) is 32.6 Å². The topological polar surface area (TPSA) is 104 Å². The van der Waals surface area contributed by atoms with E-state index in [1.54, 1.807) is 41.0 Å². The summed E-state index contributed by atoms with van der Waals surface area (Å²) in [4.78, 5) is 48.5. The highest BCUT2D eigenvalue weighted by Crippen LogP contribution is 2.32. The molecule has 5 rings (SSSR count). The van der Waals surface area contributed by atoms with Crippen molar-refractivity contribution in [1.82, 2.24) is 19.7 Å². The van der Waals surface area contributed by atoms with Crippen LogP contribution in [0.1, 0.15) is 40.1 Å². The van der Waals surface area contributed by atoms with Gasteiger partial charge < -0.3 is 29.5 Å². The molecule has 0 radical (unpaired) electrons. The van der Waals surface area contributed by atoms with E-state index < -0.39 is 0 Å². The Hall–Kier alpha value is -3.02. The molecular formula is C25H31N5O5S. The Morgan fingerprint density at radius 1 is 1.17 bits per heavy atom. The van der Waals surface area contributed by atoms with Crippen LogP contribution in [-0.4, -0.2) is 103 Å². The molecule has 4 heterocycles. The summed E-state index contributed by atoms with van der Waals surface area (Å²) in [6.45, 7) is 3.55. The molecule has 192 valence electrons. The molecule has 1 aromatic carbocycles. The van der Waals surface area contributed by atoms with Crippen LogP contribution in [0, 0.1) is 0 Å². The average Bonchev–Trinajstić information content (AvgIpc) is 3.42. The standard InChI is InChI=1S/C25H31N5O5S/c1-28-7-9-30(10-8-28)23(31)12-17-4-5-20-22(35-17)13-34-21-6-3-16(11-18(21)25(33)29(20)2)27-24(32)19-14-36-15-26-19/h3,6,11,14-15,17,20,22H,4-5,7-10,12-13H2,1-2H3,(H,27,32)/t17-,20-,22-/m1/s1. The zero-order chi connectivity index (χ0) is 25.2. The molecular weight excluding hydrogens is 482 g/mol. The van der Waals surface area contributed by atoms with Crippen LogP contribution in [0.2, 0.25) is 0 Å². The van der Waals surface area contributed by atoms with Crippen molar-refractivity contribution in [2.75, 3.05) is 52.2 Å². The van der Waals surface area contributed by atoms with Crippen LogP contribution in [0.5, 0.6) is 5.75 Å². The smallest absolute Gasteiger partial charge is 0.275 e. The second kappa shape index (κ2) is 10.5. The Bertz CT molecular complexity index is 1120. The van der Waals surface area contributed by atoms with Gasteiger partial charge in [-0.15, -0.1) is 11.3 Å². The van der Waals surface area contributed by atoms with Gasteiger partial charge in [0.15, 0.2) is 0 Å². The average molecular weight is 514 g/mol. The normalized spacial score (nSPS) is 24.7. The lowest BCUT2D eigenvalue weighted by Crippen LogP contribution is -2.54. The zero-order valence-electron chi connectivity index (χ0n) is 20.5. The number of hydrogen-bond acceptors (Lipinski definition) is 8. The number of likely N-dealkylation sites (N-methyl/N-ethyl adjacent to an activating group) is 2. The Morgan fingerprint density at radius 3 is 2.72 bits per heavy atom. The highest BCUT2D eigenvalue weighted by Gasteiger charge is 2.39. The van der Waals surface area contributed by atoms with Crippen molar-refractivity contribution in [3.63, 3.8) is 0 Å². The Balaban J connectivity index is 1.25. The zero-order valence-corrected chi connectivity index (χ0v) is 21.3. The molecule has 3 aliphatic rings. The molecule has 0 aliphatic carbocycles. The number of thiazole rings is 1. The molecule has 1 aromatic heterocycles. The van der Waals surface area contributed by atoms with Gasteiger partial charge in [0.25, 0.3) is 11.8 Å². The Morgan fingerprint density at radius 2 is 1.97 bits per heavy atom. The molecule has 3 atom stereocenters. The molecule has 0 saturated carbocycles. The van der Waals surface area contributed by atoms with E-state index in [2.05, 4.69) is 22.2 Å². The van der Waals surface area contributed by atoms with E-state index >= 15 is 0 Å². The van der Waals surface area contributed by atoms with Crippen LogP contribution < -0.4 is 10.1 Å². The van der Waals surface area contributed by atoms with Crippen molar-refractivity contribution < 1.29 is 23.9 Å². The SMILES string of the molecule is CN1CCN(C(=O)C[C@H]2CC[C@@H]3[C@@H](COc4ccc(NC(=O)c5cscn5)cc4C(=O)N3C)O2)CC1. The minimum absolute atomic E-state index is 0.125. The predicted octanol–water partition coefficient (Wildman–Crippen LogP) is 1.94. The summed E-state index contributed by atoms with van der Waals surface area (Å²) in [5.74, 6) is 0.0400. The van der Waals surface area contributed by atoms with Gasteiger partial charge in [0.2, 0.25) is 5.91 Å². The molecule has 10 nitrogen and oxygen atoms in total. The number of rotatable bonds is 4. The van der Waals surface area contributed by atoms with Gasteiger partial charge in [0, 0.05) is 44.3 Å². The van der Waals surface area contributed by atoms with Crippen LogP contribution in [0.25, 0.3) is 0 Å². The summed E-state index contributed by atoms with van der Waals surface area (Å²) in [6.07, 6.45) is 1.27. The number of amides is 3. The maximum absolute atomic E-state index is 13.4. The summed E-state index contributed by atoms with van der Waals surface area (Å²) in [6, 6.07) is 4.87. The lowest BCUT2D eigenvalue weighted by atomic mass is 9.94. The fourth-order valence-corrected chi connectivity index (χ4v) is 5.54. The van der Waals surface area contributed by atoms with Crippen LogP contribution >= 0.6 is 11.3 Å². The molecule has 0 spiro atoms. The minimum Gasteiger partial charge on any atom is -0.490 e. The van der Waals surface area contributed by atoms with Crippen molar-refractivity contribution in [1.29, 1.82) is 0 Å². The molecule has 2 aromatic rings. The maximum Gasteiger partial charge on any atom is 0.275 e. The number of ether oxygens (including phenoxy) is 2. The number of benzene rings is 1. The molecule has 0 bridgehead atoms.